The molecule has 1 saturated heterocycles. The van der Waals surface area contributed by atoms with Crippen molar-refractivity contribution in [2.45, 2.75) is 18.9 Å². The summed E-state index contributed by atoms with van der Waals surface area (Å²) >= 11 is 0. The van der Waals surface area contributed by atoms with Crippen LogP contribution in [-0.2, 0) is 0 Å². The molecule has 1 fully saturated rings. The van der Waals surface area contributed by atoms with Gasteiger partial charge in [-0.15, -0.1) is 0 Å². The van der Waals surface area contributed by atoms with Gasteiger partial charge in [-0.3, -0.25) is 0 Å². The van der Waals surface area contributed by atoms with Gasteiger partial charge >= 0.3 is 0 Å². The van der Waals surface area contributed by atoms with Gasteiger partial charge in [-0.25, -0.2) is 4.39 Å². The number of benzene rings is 1. The first kappa shape index (κ1) is 9.46. The van der Waals surface area contributed by atoms with Crippen LogP contribution in [-0.4, -0.2) is 19.2 Å². The summed E-state index contributed by atoms with van der Waals surface area (Å²) in [4.78, 5) is 0. The summed E-state index contributed by atoms with van der Waals surface area (Å²) in [5, 5.41) is 3.23. The molecule has 2 nitrogen and oxygen atoms in total. The predicted molar refractivity (Wildman–Crippen MR) is 52.9 cm³/mol. The number of rotatable bonds is 2. The summed E-state index contributed by atoms with van der Waals surface area (Å²) in [7, 11) is 0. The number of hydrogen-bond donors (Lipinski definition) is 1. The summed E-state index contributed by atoms with van der Waals surface area (Å²) < 4.78 is 18.7. The molecule has 1 unspecified atom stereocenters. The van der Waals surface area contributed by atoms with Gasteiger partial charge < -0.3 is 10.1 Å². The minimum Gasteiger partial charge on any atom is -0.486 e. The van der Waals surface area contributed by atoms with Crippen molar-refractivity contribution in [3.8, 4) is 5.75 Å². The lowest BCUT2D eigenvalue weighted by Crippen LogP contribution is -2.37. The van der Waals surface area contributed by atoms with Gasteiger partial charge in [-0.1, -0.05) is 12.1 Å². The van der Waals surface area contributed by atoms with E-state index in [-0.39, 0.29) is 11.9 Å². The average Bonchev–Trinajstić information content (AvgIpc) is 2.23. The zero-order valence-corrected chi connectivity index (χ0v) is 8.00. The molecule has 3 heteroatoms. The fraction of sp³-hybridized carbons (Fsp3) is 0.455. The third-order valence-corrected chi connectivity index (χ3v) is 2.38. The zero-order chi connectivity index (χ0) is 9.80. The Morgan fingerprint density at radius 1 is 1.36 bits per heavy atom. The molecular formula is C11H14FNO. The molecule has 1 aromatic rings. The molecule has 0 radical (unpaired) electrons. The van der Waals surface area contributed by atoms with Crippen molar-refractivity contribution in [3.05, 3.63) is 30.1 Å². The molecule has 0 aromatic heterocycles. The van der Waals surface area contributed by atoms with E-state index in [0.29, 0.717) is 5.75 Å². The van der Waals surface area contributed by atoms with Crippen LogP contribution in [0.25, 0.3) is 0 Å². The molecule has 76 valence electrons. The van der Waals surface area contributed by atoms with Gasteiger partial charge in [0, 0.05) is 6.54 Å². The van der Waals surface area contributed by atoms with Crippen molar-refractivity contribution in [2.24, 2.45) is 0 Å². The summed E-state index contributed by atoms with van der Waals surface area (Å²) in [5.41, 5.74) is 0. The van der Waals surface area contributed by atoms with Gasteiger partial charge in [0.2, 0.25) is 0 Å². The van der Waals surface area contributed by atoms with Crippen molar-refractivity contribution < 1.29 is 9.13 Å². The van der Waals surface area contributed by atoms with Gasteiger partial charge in [0.1, 0.15) is 6.10 Å². The third-order valence-electron chi connectivity index (χ3n) is 2.38. The molecule has 0 saturated carbocycles. The topological polar surface area (TPSA) is 21.3 Å². The van der Waals surface area contributed by atoms with Gasteiger partial charge in [0.15, 0.2) is 11.6 Å². The van der Waals surface area contributed by atoms with Crippen LogP contribution in [0.5, 0.6) is 5.75 Å². The van der Waals surface area contributed by atoms with E-state index in [9.17, 15) is 4.39 Å². The molecule has 0 bridgehead atoms. The maximum Gasteiger partial charge on any atom is 0.165 e. The van der Waals surface area contributed by atoms with E-state index >= 15 is 0 Å². The molecule has 1 aliphatic rings. The van der Waals surface area contributed by atoms with Gasteiger partial charge in [-0.05, 0) is 31.5 Å². The number of ether oxygens (including phenoxy) is 1. The summed E-state index contributed by atoms with van der Waals surface area (Å²) in [5.74, 6) is 0.0827. The van der Waals surface area contributed by atoms with Crippen molar-refractivity contribution >= 4 is 0 Å². The smallest absolute Gasteiger partial charge is 0.165 e. The summed E-state index contributed by atoms with van der Waals surface area (Å²) in [6.45, 7) is 1.85. The molecule has 0 aliphatic carbocycles. The van der Waals surface area contributed by atoms with Crippen LogP contribution in [0.4, 0.5) is 4.39 Å². The fourth-order valence-corrected chi connectivity index (χ4v) is 1.64. The van der Waals surface area contributed by atoms with Gasteiger partial charge in [-0.2, -0.15) is 0 Å². The van der Waals surface area contributed by atoms with Gasteiger partial charge in [0.05, 0.1) is 0 Å². The van der Waals surface area contributed by atoms with E-state index in [1.54, 1.807) is 18.2 Å². The maximum absolute atomic E-state index is 13.2. The van der Waals surface area contributed by atoms with Crippen LogP contribution >= 0.6 is 0 Å². The van der Waals surface area contributed by atoms with E-state index in [0.717, 1.165) is 25.9 Å². The molecule has 1 aliphatic heterocycles. The fourth-order valence-electron chi connectivity index (χ4n) is 1.64. The Bertz CT molecular complexity index is 297. The van der Waals surface area contributed by atoms with Crippen LogP contribution in [0, 0.1) is 5.82 Å². The minimum atomic E-state index is -0.280. The first-order valence-electron chi connectivity index (χ1n) is 4.98. The number of nitrogens with one attached hydrogen (secondary N) is 1. The largest absolute Gasteiger partial charge is 0.486 e. The monoisotopic (exact) mass is 195 g/mol. The molecule has 1 atom stereocenters. The Balaban J connectivity index is 1.99. The maximum atomic E-state index is 13.2. The first-order valence-corrected chi connectivity index (χ1v) is 4.98. The van der Waals surface area contributed by atoms with E-state index in [1.165, 1.54) is 6.07 Å². The van der Waals surface area contributed by atoms with Crippen LogP contribution in [0.3, 0.4) is 0 Å². The lowest BCUT2D eigenvalue weighted by atomic mass is 10.1. The number of hydrogen-bond acceptors (Lipinski definition) is 2. The Labute approximate surface area is 83.1 Å². The highest BCUT2D eigenvalue weighted by Gasteiger charge is 2.15. The SMILES string of the molecule is Fc1ccccc1OC1CCCNC1. The lowest BCUT2D eigenvalue weighted by molar-refractivity contribution is 0.160. The van der Waals surface area contributed by atoms with Crippen LogP contribution < -0.4 is 10.1 Å². The first-order chi connectivity index (χ1) is 6.86. The summed E-state index contributed by atoms with van der Waals surface area (Å²) in [6, 6.07) is 6.55. The highest BCUT2D eigenvalue weighted by atomic mass is 19.1. The Morgan fingerprint density at radius 3 is 2.93 bits per heavy atom. The molecule has 2 rings (SSSR count). The van der Waals surface area contributed by atoms with Crippen molar-refractivity contribution in [1.82, 2.24) is 5.32 Å². The van der Waals surface area contributed by atoms with Crippen molar-refractivity contribution in [1.29, 1.82) is 0 Å². The lowest BCUT2D eigenvalue weighted by Gasteiger charge is -2.23. The zero-order valence-electron chi connectivity index (χ0n) is 8.00. The standard InChI is InChI=1S/C11H14FNO/c12-10-5-1-2-6-11(10)14-9-4-3-7-13-8-9/h1-2,5-6,9,13H,3-4,7-8H2. The van der Waals surface area contributed by atoms with Crippen molar-refractivity contribution in [2.75, 3.05) is 13.1 Å². The second-order valence-electron chi connectivity index (χ2n) is 3.52. The van der Waals surface area contributed by atoms with Crippen molar-refractivity contribution in [3.63, 3.8) is 0 Å². The predicted octanol–water partition coefficient (Wildman–Crippen LogP) is 1.96. The summed E-state index contributed by atoms with van der Waals surface area (Å²) in [6.07, 6.45) is 2.21. The van der Waals surface area contributed by atoms with E-state index < -0.39 is 0 Å². The molecule has 0 spiro atoms. The Kier molecular flexibility index (Phi) is 2.99. The quantitative estimate of drug-likeness (QED) is 0.778. The Morgan fingerprint density at radius 2 is 2.21 bits per heavy atom. The highest BCUT2D eigenvalue weighted by Crippen LogP contribution is 2.19. The number of piperidine rings is 1. The number of para-hydroxylation sites is 1. The van der Waals surface area contributed by atoms with E-state index in [1.807, 2.05) is 0 Å². The molecule has 1 heterocycles. The van der Waals surface area contributed by atoms with Crippen LogP contribution in [0.1, 0.15) is 12.8 Å². The molecule has 0 amide bonds. The molecular weight excluding hydrogens is 181 g/mol. The normalized spacial score (nSPS) is 21.9. The molecule has 14 heavy (non-hydrogen) atoms. The van der Waals surface area contributed by atoms with Gasteiger partial charge in [0.25, 0.3) is 0 Å². The molecule has 1 N–H and O–H groups in total. The average molecular weight is 195 g/mol. The van der Waals surface area contributed by atoms with Crippen LogP contribution in [0.2, 0.25) is 0 Å². The molecule has 1 aromatic carbocycles. The third kappa shape index (κ3) is 2.23. The second-order valence-corrected chi connectivity index (χ2v) is 3.52. The van der Waals surface area contributed by atoms with Crippen LogP contribution in [0.15, 0.2) is 24.3 Å². The highest BCUT2D eigenvalue weighted by molar-refractivity contribution is 5.23. The minimum absolute atomic E-state index is 0.112. The Hall–Kier alpha value is -1.09. The van der Waals surface area contributed by atoms with E-state index in [2.05, 4.69) is 5.32 Å². The second kappa shape index (κ2) is 4.42. The number of halogens is 1. The van der Waals surface area contributed by atoms with E-state index in [4.69, 9.17) is 4.74 Å².